The largest absolute Gasteiger partial charge is 0.497 e. The molecule has 0 aromatic heterocycles. The SMILES string of the molecule is COc1cc(C)c(S(=O)(=O)N2CCN(C)CC2COCC(=O)N2CCC(N3CCCCCCCC3)CC2)c(C)c1. The minimum atomic E-state index is -3.75. The van der Waals surface area contributed by atoms with Gasteiger partial charge >= 0.3 is 0 Å². The number of likely N-dealkylation sites (tertiary alicyclic amines) is 1. The van der Waals surface area contributed by atoms with Crippen molar-refractivity contribution in [1.29, 1.82) is 0 Å². The number of hydrogen-bond acceptors (Lipinski definition) is 7. The Kier molecular flexibility index (Phi) is 11.3. The highest BCUT2D eigenvalue weighted by Gasteiger charge is 2.37. The maximum absolute atomic E-state index is 13.8. The van der Waals surface area contributed by atoms with Gasteiger partial charge in [-0.15, -0.1) is 0 Å². The van der Waals surface area contributed by atoms with Crippen molar-refractivity contribution >= 4 is 15.9 Å². The standard InChI is InChI=1S/C30H50N4O5S/c1-24-19-28(38-4)20-25(2)30(24)40(36,37)34-18-17-31(3)21-27(34)22-39-23-29(35)33-15-11-26(12-16-33)32-13-9-7-5-6-8-10-14-32/h19-20,26-27H,5-18,21-23H2,1-4H3. The van der Waals surface area contributed by atoms with Gasteiger partial charge in [0.1, 0.15) is 12.4 Å². The number of ether oxygens (including phenoxy) is 2. The molecule has 0 saturated carbocycles. The van der Waals surface area contributed by atoms with E-state index in [-0.39, 0.29) is 25.2 Å². The fraction of sp³-hybridized carbons (Fsp3) is 0.767. The van der Waals surface area contributed by atoms with E-state index in [4.69, 9.17) is 9.47 Å². The van der Waals surface area contributed by atoms with Gasteiger partial charge in [0.15, 0.2) is 0 Å². The van der Waals surface area contributed by atoms with Gasteiger partial charge in [-0.3, -0.25) is 4.79 Å². The van der Waals surface area contributed by atoms with Crippen LogP contribution < -0.4 is 4.74 Å². The fourth-order valence-electron chi connectivity index (χ4n) is 6.67. The number of benzene rings is 1. The number of piperazine rings is 1. The molecule has 0 aliphatic carbocycles. The van der Waals surface area contributed by atoms with Crippen molar-refractivity contribution in [2.75, 3.05) is 73.2 Å². The Balaban J connectivity index is 1.31. The molecule has 3 aliphatic rings. The predicted octanol–water partition coefficient (Wildman–Crippen LogP) is 3.28. The first-order valence-electron chi connectivity index (χ1n) is 15.2. The second-order valence-electron chi connectivity index (χ2n) is 11.9. The zero-order chi connectivity index (χ0) is 28.7. The van der Waals surface area contributed by atoms with E-state index in [1.165, 1.54) is 51.6 Å². The first-order valence-corrected chi connectivity index (χ1v) is 16.6. The zero-order valence-electron chi connectivity index (χ0n) is 25.1. The molecule has 0 spiro atoms. The molecule has 1 amide bonds. The molecule has 3 heterocycles. The molecule has 1 aromatic carbocycles. The molecule has 3 saturated heterocycles. The summed E-state index contributed by atoms with van der Waals surface area (Å²) in [6.45, 7) is 9.30. The van der Waals surface area contributed by atoms with Gasteiger partial charge in [-0.05, 0) is 82.9 Å². The van der Waals surface area contributed by atoms with Crippen molar-refractivity contribution in [1.82, 2.24) is 19.0 Å². The summed E-state index contributed by atoms with van der Waals surface area (Å²) in [5.74, 6) is 0.649. The number of methoxy groups -OCH3 is 1. The molecule has 9 nitrogen and oxygen atoms in total. The average molecular weight is 579 g/mol. The van der Waals surface area contributed by atoms with E-state index in [9.17, 15) is 13.2 Å². The van der Waals surface area contributed by atoms with Crippen molar-refractivity contribution in [3.8, 4) is 5.75 Å². The number of likely N-dealkylation sites (N-methyl/N-ethyl adjacent to an activating group) is 1. The highest BCUT2D eigenvalue weighted by Crippen LogP contribution is 2.30. The second kappa shape index (κ2) is 14.4. The van der Waals surface area contributed by atoms with Crippen LogP contribution in [0.15, 0.2) is 17.0 Å². The molecule has 1 aromatic rings. The van der Waals surface area contributed by atoms with Crippen LogP contribution in [0.4, 0.5) is 0 Å². The summed E-state index contributed by atoms with van der Waals surface area (Å²) >= 11 is 0. The molecule has 226 valence electrons. The van der Waals surface area contributed by atoms with E-state index in [0.717, 1.165) is 25.9 Å². The van der Waals surface area contributed by atoms with Gasteiger partial charge in [0.2, 0.25) is 15.9 Å². The number of aryl methyl sites for hydroxylation is 2. The first kappa shape index (κ1) is 31.2. The Bertz CT molecular complexity index is 1060. The lowest BCUT2D eigenvalue weighted by Crippen LogP contribution is -2.56. The van der Waals surface area contributed by atoms with Gasteiger partial charge < -0.3 is 24.2 Å². The summed E-state index contributed by atoms with van der Waals surface area (Å²) < 4.78 is 40.5. The lowest BCUT2D eigenvalue weighted by Gasteiger charge is -2.40. The number of hydrogen-bond donors (Lipinski definition) is 0. The van der Waals surface area contributed by atoms with Gasteiger partial charge in [0, 0.05) is 38.8 Å². The molecule has 0 N–H and O–H groups in total. The fourth-order valence-corrected chi connectivity index (χ4v) is 8.67. The summed E-state index contributed by atoms with van der Waals surface area (Å²) in [5.41, 5.74) is 1.33. The molecule has 40 heavy (non-hydrogen) atoms. The molecule has 10 heteroatoms. The summed E-state index contributed by atoms with van der Waals surface area (Å²) in [4.78, 5) is 20.1. The highest BCUT2D eigenvalue weighted by molar-refractivity contribution is 7.89. The van der Waals surface area contributed by atoms with Crippen LogP contribution in [-0.2, 0) is 19.6 Å². The van der Waals surface area contributed by atoms with Gasteiger partial charge in [-0.25, -0.2) is 8.42 Å². The Hall–Kier alpha value is -1.72. The normalized spacial score (nSPS) is 23.4. The molecule has 4 rings (SSSR count). The molecular formula is C30H50N4O5S. The number of nitrogens with zero attached hydrogens (tertiary/aromatic N) is 4. The van der Waals surface area contributed by atoms with E-state index in [0.29, 0.717) is 47.4 Å². The van der Waals surface area contributed by atoms with Crippen LogP contribution in [0.1, 0.15) is 62.5 Å². The Labute approximate surface area is 241 Å². The number of piperidine rings is 1. The first-order chi connectivity index (χ1) is 19.2. The third kappa shape index (κ3) is 7.76. The predicted molar refractivity (Wildman–Crippen MR) is 157 cm³/mol. The van der Waals surface area contributed by atoms with Crippen LogP contribution in [0.25, 0.3) is 0 Å². The number of carbonyl (C=O) groups excluding carboxylic acids is 1. The molecule has 3 fully saturated rings. The van der Waals surface area contributed by atoms with E-state index >= 15 is 0 Å². The van der Waals surface area contributed by atoms with E-state index < -0.39 is 10.0 Å². The van der Waals surface area contributed by atoms with Crippen LogP contribution in [0, 0.1) is 13.8 Å². The maximum atomic E-state index is 13.8. The number of rotatable bonds is 8. The molecular weight excluding hydrogens is 528 g/mol. The molecule has 1 atom stereocenters. The quantitative estimate of drug-likeness (QED) is 0.468. The van der Waals surface area contributed by atoms with E-state index in [2.05, 4.69) is 9.80 Å². The van der Waals surface area contributed by atoms with Crippen LogP contribution in [0.5, 0.6) is 5.75 Å². The summed E-state index contributed by atoms with van der Waals surface area (Å²) in [6, 6.07) is 3.74. The van der Waals surface area contributed by atoms with Crippen LogP contribution >= 0.6 is 0 Å². The third-order valence-corrected chi connectivity index (χ3v) is 11.1. The molecule has 0 bridgehead atoms. The number of carbonyl (C=O) groups is 1. The topological polar surface area (TPSA) is 82.6 Å². The monoisotopic (exact) mass is 578 g/mol. The lowest BCUT2D eigenvalue weighted by atomic mass is 10.0. The number of amides is 1. The van der Waals surface area contributed by atoms with Crippen molar-refractivity contribution in [2.45, 2.75) is 82.2 Å². The van der Waals surface area contributed by atoms with Gasteiger partial charge in [-0.1, -0.05) is 25.7 Å². The zero-order valence-corrected chi connectivity index (χ0v) is 25.9. The smallest absolute Gasteiger partial charge is 0.248 e. The second-order valence-corrected chi connectivity index (χ2v) is 13.7. The molecule has 0 radical (unpaired) electrons. The highest BCUT2D eigenvalue weighted by atomic mass is 32.2. The van der Waals surface area contributed by atoms with Crippen molar-refractivity contribution in [2.24, 2.45) is 0 Å². The van der Waals surface area contributed by atoms with Crippen LogP contribution in [0.3, 0.4) is 0 Å². The Morgan fingerprint density at radius 1 is 0.900 bits per heavy atom. The average Bonchev–Trinajstić information content (AvgIpc) is 3.06. The van der Waals surface area contributed by atoms with Crippen molar-refractivity contribution < 1.29 is 22.7 Å². The van der Waals surface area contributed by atoms with E-state index in [1.54, 1.807) is 37.4 Å². The molecule has 3 aliphatic heterocycles. The van der Waals surface area contributed by atoms with E-state index in [1.807, 2.05) is 11.9 Å². The van der Waals surface area contributed by atoms with Gasteiger partial charge in [0.05, 0.1) is 24.7 Å². The Morgan fingerprint density at radius 2 is 1.50 bits per heavy atom. The van der Waals surface area contributed by atoms with Crippen molar-refractivity contribution in [3.63, 3.8) is 0 Å². The van der Waals surface area contributed by atoms with Crippen LogP contribution in [0.2, 0.25) is 0 Å². The van der Waals surface area contributed by atoms with Gasteiger partial charge in [0.25, 0.3) is 0 Å². The summed E-state index contributed by atoms with van der Waals surface area (Å²) in [5, 5.41) is 0. The minimum absolute atomic E-state index is 0.00308. The maximum Gasteiger partial charge on any atom is 0.248 e. The minimum Gasteiger partial charge on any atom is -0.497 e. The summed E-state index contributed by atoms with van der Waals surface area (Å²) in [6.07, 6.45) is 10.0. The van der Waals surface area contributed by atoms with Gasteiger partial charge in [-0.2, -0.15) is 4.31 Å². The van der Waals surface area contributed by atoms with Crippen molar-refractivity contribution in [3.05, 3.63) is 23.3 Å². The summed E-state index contributed by atoms with van der Waals surface area (Å²) in [7, 11) is -0.174. The lowest BCUT2D eigenvalue weighted by molar-refractivity contribution is -0.138. The molecule has 1 unspecified atom stereocenters. The number of sulfonamides is 1. The Morgan fingerprint density at radius 3 is 2.10 bits per heavy atom. The third-order valence-electron chi connectivity index (χ3n) is 8.88. The van der Waals surface area contributed by atoms with Crippen LogP contribution in [-0.4, -0.2) is 119 Å².